The summed E-state index contributed by atoms with van der Waals surface area (Å²) in [5.41, 5.74) is 1.93. The Hall–Kier alpha value is -2.39. The van der Waals surface area contributed by atoms with Crippen molar-refractivity contribution in [1.29, 1.82) is 0 Å². The van der Waals surface area contributed by atoms with Crippen LogP contribution in [-0.4, -0.2) is 52.5 Å². The van der Waals surface area contributed by atoms with Crippen molar-refractivity contribution in [1.82, 2.24) is 20.3 Å². The van der Waals surface area contributed by atoms with Gasteiger partial charge in [0.05, 0.1) is 41.6 Å². The molecule has 2 saturated heterocycles. The summed E-state index contributed by atoms with van der Waals surface area (Å²) < 4.78 is 12.1. The first-order chi connectivity index (χ1) is 13.9. The minimum Gasteiger partial charge on any atom is -0.371 e. The summed E-state index contributed by atoms with van der Waals surface area (Å²) in [5, 5.41) is 8.96. The zero-order chi connectivity index (χ0) is 18.8. The van der Waals surface area contributed by atoms with Gasteiger partial charge in [0.15, 0.2) is 0 Å². The Morgan fingerprint density at radius 1 is 0.964 bits per heavy atom. The van der Waals surface area contributed by atoms with Crippen molar-refractivity contribution in [2.75, 3.05) is 18.5 Å². The third-order valence-electron chi connectivity index (χ3n) is 5.07. The molecule has 4 atom stereocenters. The summed E-state index contributed by atoms with van der Waals surface area (Å²) in [6, 6.07) is 12.1. The normalized spacial score (nSPS) is 26.3. The number of rotatable bonds is 6. The van der Waals surface area contributed by atoms with Crippen LogP contribution < -0.4 is 10.6 Å². The van der Waals surface area contributed by atoms with Crippen molar-refractivity contribution in [2.45, 2.75) is 30.8 Å². The Morgan fingerprint density at radius 2 is 1.86 bits per heavy atom. The average Bonchev–Trinajstić information content (AvgIpc) is 3.47. The van der Waals surface area contributed by atoms with Crippen LogP contribution in [0.3, 0.4) is 0 Å². The zero-order valence-electron chi connectivity index (χ0n) is 15.2. The topological polar surface area (TPSA) is 81.2 Å². The Balaban J connectivity index is 1.21. The van der Waals surface area contributed by atoms with Gasteiger partial charge in [0, 0.05) is 18.9 Å². The Labute approximate surface area is 167 Å². The molecule has 0 radical (unpaired) electrons. The summed E-state index contributed by atoms with van der Waals surface area (Å²) >= 11 is 1.67. The van der Waals surface area contributed by atoms with E-state index in [0.717, 1.165) is 16.3 Å². The summed E-state index contributed by atoms with van der Waals surface area (Å²) in [6.07, 6.45) is 3.59. The van der Waals surface area contributed by atoms with Crippen LogP contribution in [0.15, 0.2) is 54.2 Å². The second-order valence-electron chi connectivity index (χ2n) is 6.90. The maximum absolute atomic E-state index is 6.04. The van der Waals surface area contributed by atoms with Crippen molar-refractivity contribution in [3.05, 3.63) is 59.9 Å². The highest BCUT2D eigenvalue weighted by molar-refractivity contribution is 7.13. The molecule has 3 aromatic rings. The number of fused-ring (bicyclic) bond motifs is 1. The van der Waals surface area contributed by atoms with Crippen molar-refractivity contribution in [3.8, 4) is 10.6 Å². The van der Waals surface area contributed by atoms with E-state index in [4.69, 9.17) is 9.47 Å². The van der Waals surface area contributed by atoms with Crippen molar-refractivity contribution < 1.29 is 9.47 Å². The van der Waals surface area contributed by atoms with Crippen molar-refractivity contribution in [2.24, 2.45) is 0 Å². The molecule has 2 fully saturated rings. The van der Waals surface area contributed by atoms with Crippen molar-refractivity contribution in [3.63, 3.8) is 0 Å². The molecule has 4 unspecified atom stereocenters. The molecule has 0 bridgehead atoms. The number of nitrogens with zero attached hydrogens (tertiary/aromatic N) is 3. The molecule has 144 valence electrons. The van der Waals surface area contributed by atoms with Crippen LogP contribution in [0.25, 0.3) is 10.6 Å². The molecule has 8 heteroatoms. The first-order valence-electron chi connectivity index (χ1n) is 9.37. The minimum absolute atomic E-state index is 0.0155. The lowest BCUT2D eigenvalue weighted by Gasteiger charge is -2.18. The van der Waals surface area contributed by atoms with E-state index in [0.29, 0.717) is 25.7 Å². The van der Waals surface area contributed by atoms with Crippen LogP contribution >= 0.6 is 11.3 Å². The van der Waals surface area contributed by atoms with Gasteiger partial charge in [0.2, 0.25) is 5.95 Å². The van der Waals surface area contributed by atoms with Crippen LogP contribution in [0, 0.1) is 0 Å². The second kappa shape index (κ2) is 7.92. The van der Waals surface area contributed by atoms with E-state index in [1.165, 1.54) is 0 Å². The lowest BCUT2D eigenvalue weighted by atomic mass is 10.1. The van der Waals surface area contributed by atoms with Gasteiger partial charge < -0.3 is 20.1 Å². The lowest BCUT2D eigenvalue weighted by molar-refractivity contribution is 0.0674. The van der Waals surface area contributed by atoms with Crippen LogP contribution in [0.5, 0.6) is 0 Å². The van der Waals surface area contributed by atoms with Gasteiger partial charge in [-0.15, -0.1) is 11.3 Å². The molecule has 28 heavy (non-hydrogen) atoms. The predicted octanol–water partition coefficient (Wildman–Crippen LogP) is 2.34. The molecular weight excluding hydrogens is 374 g/mol. The van der Waals surface area contributed by atoms with Gasteiger partial charge in [-0.3, -0.25) is 4.98 Å². The summed E-state index contributed by atoms with van der Waals surface area (Å²) in [6.45, 7) is 1.89. The highest BCUT2D eigenvalue weighted by Gasteiger charge is 2.47. The van der Waals surface area contributed by atoms with E-state index in [2.05, 4.69) is 31.7 Å². The number of thiophene rings is 1. The van der Waals surface area contributed by atoms with E-state index in [-0.39, 0.29) is 24.3 Å². The number of pyridine rings is 1. The minimum atomic E-state index is -0.0183. The quantitative estimate of drug-likeness (QED) is 0.663. The number of hydrogen-bond donors (Lipinski definition) is 2. The van der Waals surface area contributed by atoms with Gasteiger partial charge in [-0.25, -0.2) is 9.97 Å². The Kier molecular flexibility index (Phi) is 5.01. The van der Waals surface area contributed by atoms with Gasteiger partial charge in [0.25, 0.3) is 0 Å². The maximum Gasteiger partial charge on any atom is 0.223 e. The number of anilines is 1. The van der Waals surface area contributed by atoms with E-state index in [1.807, 2.05) is 35.7 Å². The molecule has 0 aliphatic carbocycles. The maximum atomic E-state index is 6.04. The predicted molar refractivity (Wildman–Crippen MR) is 107 cm³/mol. The highest BCUT2D eigenvalue weighted by atomic mass is 32.1. The summed E-state index contributed by atoms with van der Waals surface area (Å²) in [5.74, 6) is 0.605. The fourth-order valence-electron chi connectivity index (χ4n) is 3.69. The van der Waals surface area contributed by atoms with E-state index < -0.39 is 0 Å². The van der Waals surface area contributed by atoms with Gasteiger partial charge in [-0.2, -0.15) is 0 Å². The molecule has 7 nitrogen and oxygen atoms in total. The summed E-state index contributed by atoms with van der Waals surface area (Å²) in [4.78, 5) is 14.5. The van der Waals surface area contributed by atoms with E-state index in [9.17, 15) is 0 Å². The second-order valence-corrected chi connectivity index (χ2v) is 7.85. The lowest BCUT2D eigenvalue weighted by Crippen LogP contribution is -2.42. The number of ether oxygens (including phenoxy) is 2. The molecule has 0 saturated carbocycles. The van der Waals surface area contributed by atoms with Gasteiger partial charge in [-0.1, -0.05) is 12.1 Å². The first-order valence-corrected chi connectivity index (χ1v) is 10.2. The fourth-order valence-corrected chi connectivity index (χ4v) is 4.39. The third kappa shape index (κ3) is 3.64. The number of aromatic nitrogens is 3. The van der Waals surface area contributed by atoms with Crippen LogP contribution in [0.2, 0.25) is 0 Å². The summed E-state index contributed by atoms with van der Waals surface area (Å²) in [7, 11) is 0. The smallest absolute Gasteiger partial charge is 0.223 e. The van der Waals surface area contributed by atoms with Crippen LogP contribution in [0.4, 0.5) is 5.95 Å². The Morgan fingerprint density at radius 3 is 2.68 bits per heavy atom. The first kappa shape index (κ1) is 17.7. The molecular formula is C20H21N5O2S. The molecule has 2 N–H and O–H groups in total. The van der Waals surface area contributed by atoms with Crippen LogP contribution in [-0.2, 0) is 16.0 Å². The van der Waals surface area contributed by atoms with Gasteiger partial charge in [-0.05, 0) is 29.6 Å². The zero-order valence-corrected chi connectivity index (χ0v) is 16.0. The van der Waals surface area contributed by atoms with Gasteiger partial charge >= 0.3 is 0 Å². The van der Waals surface area contributed by atoms with E-state index >= 15 is 0 Å². The molecule has 0 amide bonds. The average molecular weight is 395 g/mol. The molecule has 5 rings (SSSR count). The number of hydrogen-bond acceptors (Lipinski definition) is 8. The molecule has 0 aromatic carbocycles. The molecule has 5 heterocycles. The monoisotopic (exact) mass is 395 g/mol. The Bertz CT molecular complexity index is 908. The third-order valence-corrected chi connectivity index (χ3v) is 5.96. The standard InChI is InChI=1S/C20H21N5O2S/c1-2-7-21-13(4-1)10-23-15-11-26-19-16(12-27-18(15)19)25-20-22-8-6-14(24-20)17-5-3-9-28-17/h1-9,15-16,18-19,23H,10-12H2,(H,22,24,25). The molecule has 2 aliphatic rings. The van der Waals surface area contributed by atoms with E-state index in [1.54, 1.807) is 23.7 Å². The SMILES string of the molecule is c1ccc(CNC2COC3C(Nc4nccc(-c5cccs5)n4)COC23)nc1. The van der Waals surface area contributed by atoms with Crippen molar-refractivity contribution >= 4 is 17.3 Å². The number of nitrogens with one attached hydrogen (secondary N) is 2. The largest absolute Gasteiger partial charge is 0.371 e. The molecule has 3 aromatic heterocycles. The fraction of sp³-hybridized carbons (Fsp3) is 0.350. The highest BCUT2D eigenvalue weighted by Crippen LogP contribution is 2.29. The van der Waals surface area contributed by atoms with Gasteiger partial charge in [0.1, 0.15) is 12.2 Å². The van der Waals surface area contributed by atoms with Crippen LogP contribution in [0.1, 0.15) is 5.69 Å². The molecule has 2 aliphatic heterocycles. The molecule has 0 spiro atoms.